The van der Waals surface area contributed by atoms with E-state index in [4.69, 9.17) is 4.74 Å². The smallest absolute Gasteiger partial charge is 0.252 e. The number of nitrogens with one attached hydrogen (secondary N) is 2. The van der Waals surface area contributed by atoms with E-state index in [1.807, 2.05) is 0 Å². The van der Waals surface area contributed by atoms with Crippen LogP contribution in [-0.4, -0.2) is 43.2 Å². The van der Waals surface area contributed by atoms with Crippen molar-refractivity contribution in [2.45, 2.75) is 12.1 Å². The average molecular weight is 337 g/mol. The van der Waals surface area contributed by atoms with E-state index in [2.05, 4.69) is 31.5 Å². The Morgan fingerprint density at radius 3 is 3.06 bits per heavy atom. The first kappa shape index (κ1) is 15.4. The van der Waals surface area contributed by atoms with Crippen molar-refractivity contribution in [3.05, 3.63) is 28.5 Å². The number of carbonyl (C=O) groups is 1. The molecule has 0 saturated carbocycles. The number of aromatic nitrogens is 1. The number of hydrogen-bond acceptors (Lipinski definition) is 4. The van der Waals surface area contributed by atoms with Crippen LogP contribution in [0, 0.1) is 0 Å². The number of halogens is 2. The van der Waals surface area contributed by atoms with Crippen molar-refractivity contribution in [3.63, 3.8) is 0 Å². The second-order valence-corrected chi connectivity index (χ2v) is 4.72. The predicted molar refractivity (Wildman–Crippen MR) is 74.1 cm³/mol. The first-order valence-electron chi connectivity index (χ1n) is 5.36. The van der Waals surface area contributed by atoms with Crippen molar-refractivity contribution >= 4 is 34.2 Å². The maximum absolute atomic E-state index is 12.0. The lowest BCUT2D eigenvalue weighted by Crippen LogP contribution is -2.43. The van der Waals surface area contributed by atoms with Crippen LogP contribution in [0.4, 0.5) is 0 Å². The molecule has 2 atom stereocenters. The van der Waals surface area contributed by atoms with Crippen LogP contribution in [0.5, 0.6) is 0 Å². The highest BCUT2D eigenvalue weighted by Crippen LogP contribution is 2.15. The fourth-order valence-electron chi connectivity index (χ4n) is 1.85. The SMILES string of the molecule is COC1CNCC1NC(=O)c1ccncc1Br.Cl. The van der Waals surface area contributed by atoms with Gasteiger partial charge in [-0.2, -0.15) is 0 Å². The van der Waals surface area contributed by atoms with Crippen LogP contribution in [0.15, 0.2) is 22.9 Å². The first-order chi connectivity index (χ1) is 8.22. The summed E-state index contributed by atoms with van der Waals surface area (Å²) in [5.74, 6) is -0.116. The molecule has 5 nitrogen and oxygen atoms in total. The molecule has 1 aromatic heterocycles. The summed E-state index contributed by atoms with van der Waals surface area (Å²) >= 11 is 3.31. The zero-order valence-corrected chi connectivity index (χ0v) is 12.3. The van der Waals surface area contributed by atoms with Crippen LogP contribution in [0.2, 0.25) is 0 Å². The molecule has 0 aromatic carbocycles. The molecule has 100 valence electrons. The van der Waals surface area contributed by atoms with Gasteiger partial charge in [0.15, 0.2) is 0 Å². The molecule has 1 fully saturated rings. The third-order valence-electron chi connectivity index (χ3n) is 2.79. The number of nitrogens with zero attached hydrogens (tertiary/aromatic N) is 1. The van der Waals surface area contributed by atoms with Gasteiger partial charge in [0.2, 0.25) is 0 Å². The standard InChI is InChI=1S/C11H14BrN3O2.ClH/c1-17-10-6-14-5-9(10)15-11(16)7-2-3-13-4-8(7)12;/h2-4,9-10,14H,5-6H2,1H3,(H,15,16);1H. The van der Waals surface area contributed by atoms with Gasteiger partial charge in [0.25, 0.3) is 5.91 Å². The van der Waals surface area contributed by atoms with Crippen LogP contribution in [0.25, 0.3) is 0 Å². The summed E-state index contributed by atoms with van der Waals surface area (Å²) in [6.45, 7) is 1.49. The van der Waals surface area contributed by atoms with E-state index in [-0.39, 0.29) is 30.5 Å². The van der Waals surface area contributed by atoms with Crippen LogP contribution in [0.1, 0.15) is 10.4 Å². The number of carbonyl (C=O) groups excluding carboxylic acids is 1. The number of ether oxygens (including phenoxy) is 1. The summed E-state index contributed by atoms with van der Waals surface area (Å²) in [6, 6.07) is 1.69. The Morgan fingerprint density at radius 2 is 2.39 bits per heavy atom. The van der Waals surface area contributed by atoms with Crippen molar-refractivity contribution < 1.29 is 9.53 Å². The van der Waals surface area contributed by atoms with E-state index in [1.54, 1.807) is 25.6 Å². The van der Waals surface area contributed by atoms with Gasteiger partial charge in [0.1, 0.15) is 0 Å². The lowest BCUT2D eigenvalue weighted by atomic mass is 10.2. The van der Waals surface area contributed by atoms with Gasteiger partial charge >= 0.3 is 0 Å². The van der Waals surface area contributed by atoms with Crippen molar-refractivity contribution in [3.8, 4) is 0 Å². The molecule has 7 heteroatoms. The number of methoxy groups -OCH3 is 1. The van der Waals surface area contributed by atoms with Gasteiger partial charge in [-0.3, -0.25) is 9.78 Å². The number of hydrogen-bond donors (Lipinski definition) is 2. The summed E-state index contributed by atoms with van der Waals surface area (Å²) in [4.78, 5) is 16.0. The second-order valence-electron chi connectivity index (χ2n) is 3.87. The normalized spacial score (nSPS) is 22.3. The minimum Gasteiger partial charge on any atom is -0.378 e. The topological polar surface area (TPSA) is 63.2 Å². The molecule has 2 rings (SSSR count). The Kier molecular flexibility index (Phi) is 6.01. The third kappa shape index (κ3) is 3.41. The van der Waals surface area contributed by atoms with Crippen molar-refractivity contribution in [2.75, 3.05) is 20.2 Å². The number of pyridine rings is 1. The largest absolute Gasteiger partial charge is 0.378 e. The van der Waals surface area contributed by atoms with E-state index in [0.29, 0.717) is 10.0 Å². The fourth-order valence-corrected chi connectivity index (χ4v) is 2.28. The van der Waals surface area contributed by atoms with Crippen molar-refractivity contribution in [1.82, 2.24) is 15.6 Å². The molecule has 1 amide bonds. The van der Waals surface area contributed by atoms with E-state index >= 15 is 0 Å². The maximum Gasteiger partial charge on any atom is 0.252 e. The molecular formula is C11H15BrClN3O2. The highest BCUT2D eigenvalue weighted by Gasteiger charge is 2.28. The molecule has 2 unspecified atom stereocenters. The zero-order chi connectivity index (χ0) is 12.3. The van der Waals surface area contributed by atoms with E-state index in [0.717, 1.165) is 13.1 Å². The van der Waals surface area contributed by atoms with E-state index in [1.165, 1.54) is 0 Å². The lowest BCUT2D eigenvalue weighted by molar-refractivity contribution is 0.0779. The molecule has 2 N–H and O–H groups in total. The monoisotopic (exact) mass is 335 g/mol. The summed E-state index contributed by atoms with van der Waals surface area (Å²) in [5.41, 5.74) is 0.585. The summed E-state index contributed by atoms with van der Waals surface area (Å²) < 4.78 is 5.98. The minimum atomic E-state index is -0.116. The fraction of sp³-hybridized carbons (Fsp3) is 0.455. The Labute approximate surface area is 120 Å². The second kappa shape index (κ2) is 7.04. The number of rotatable bonds is 3. The van der Waals surface area contributed by atoms with E-state index < -0.39 is 0 Å². The summed E-state index contributed by atoms with van der Waals surface area (Å²) in [7, 11) is 1.65. The molecule has 0 aliphatic carbocycles. The zero-order valence-electron chi connectivity index (χ0n) is 9.85. The molecule has 1 aromatic rings. The first-order valence-corrected chi connectivity index (χ1v) is 6.15. The molecule has 0 bridgehead atoms. The lowest BCUT2D eigenvalue weighted by Gasteiger charge is -2.18. The van der Waals surface area contributed by atoms with Gasteiger partial charge in [0.05, 0.1) is 17.7 Å². The Hall–Kier alpha value is -0.690. The summed E-state index contributed by atoms with van der Waals surface area (Å²) in [5, 5.41) is 6.13. The molecule has 1 aliphatic rings. The van der Waals surface area contributed by atoms with Crippen LogP contribution in [-0.2, 0) is 4.74 Å². The molecule has 0 spiro atoms. The predicted octanol–water partition coefficient (Wildman–Crippen LogP) is 0.983. The molecule has 2 heterocycles. The van der Waals surface area contributed by atoms with Crippen LogP contribution < -0.4 is 10.6 Å². The Bertz CT molecular complexity index is 419. The number of amides is 1. The van der Waals surface area contributed by atoms with Gasteiger partial charge in [-0.25, -0.2) is 0 Å². The van der Waals surface area contributed by atoms with Gasteiger partial charge in [-0.15, -0.1) is 12.4 Å². The Morgan fingerprint density at radius 1 is 1.61 bits per heavy atom. The maximum atomic E-state index is 12.0. The minimum absolute atomic E-state index is 0. The van der Waals surface area contributed by atoms with Gasteiger partial charge in [-0.05, 0) is 22.0 Å². The highest BCUT2D eigenvalue weighted by molar-refractivity contribution is 9.10. The van der Waals surface area contributed by atoms with Gasteiger partial charge in [0, 0.05) is 37.1 Å². The van der Waals surface area contributed by atoms with Crippen LogP contribution >= 0.6 is 28.3 Å². The summed E-state index contributed by atoms with van der Waals surface area (Å²) in [6.07, 6.45) is 3.23. The average Bonchev–Trinajstić information content (AvgIpc) is 2.76. The quantitative estimate of drug-likeness (QED) is 0.864. The third-order valence-corrected chi connectivity index (χ3v) is 3.43. The van der Waals surface area contributed by atoms with Gasteiger partial charge < -0.3 is 15.4 Å². The molecular weight excluding hydrogens is 321 g/mol. The highest BCUT2D eigenvalue weighted by atomic mass is 79.9. The van der Waals surface area contributed by atoms with E-state index in [9.17, 15) is 4.79 Å². The van der Waals surface area contributed by atoms with Crippen LogP contribution in [0.3, 0.4) is 0 Å². The molecule has 18 heavy (non-hydrogen) atoms. The molecule has 1 aliphatic heterocycles. The van der Waals surface area contributed by atoms with Gasteiger partial charge in [-0.1, -0.05) is 0 Å². The van der Waals surface area contributed by atoms with Crippen molar-refractivity contribution in [2.24, 2.45) is 0 Å². The van der Waals surface area contributed by atoms with Crippen molar-refractivity contribution in [1.29, 1.82) is 0 Å². The molecule has 0 radical (unpaired) electrons. The molecule has 1 saturated heterocycles. The Balaban J connectivity index is 0.00000162.